The van der Waals surface area contributed by atoms with Crippen molar-refractivity contribution in [1.82, 2.24) is 9.55 Å². The van der Waals surface area contributed by atoms with Crippen LogP contribution in [-0.4, -0.2) is 15.5 Å². The Morgan fingerprint density at radius 1 is 1.50 bits per heavy atom. The van der Waals surface area contributed by atoms with Gasteiger partial charge in [-0.05, 0) is 32.0 Å². The summed E-state index contributed by atoms with van der Waals surface area (Å²) in [7, 11) is 0. The van der Waals surface area contributed by atoms with Crippen LogP contribution in [0.3, 0.4) is 0 Å². The summed E-state index contributed by atoms with van der Waals surface area (Å²) in [6, 6.07) is 5.34. The lowest BCUT2D eigenvalue weighted by molar-refractivity contribution is -0.119. The molecule has 0 aliphatic heterocycles. The van der Waals surface area contributed by atoms with Crippen molar-refractivity contribution in [2.45, 2.75) is 25.8 Å². The number of aromatic nitrogens is 2. The van der Waals surface area contributed by atoms with E-state index in [9.17, 15) is 4.79 Å². The van der Waals surface area contributed by atoms with Gasteiger partial charge in [0.1, 0.15) is 0 Å². The Hall–Kier alpha value is -1.75. The molecule has 4 N–H and O–H groups in total. The zero-order valence-corrected chi connectivity index (χ0v) is 11.0. The van der Waals surface area contributed by atoms with E-state index in [0.29, 0.717) is 16.5 Å². The van der Waals surface area contributed by atoms with E-state index in [-0.39, 0.29) is 12.3 Å². The van der Waals surface area contributed by atoms with Gasteiger partial charge < -0.3 is 16.0 Å². The summed E-state index contributed by atoms with van der Waals surface area (Å²) >= 11 is 5.91. The molecule has 1 aromatic heterocycles. The van der Waals surface area contributed by atoms with Crippen molar-refractivity contribution in [3.05, 3.63) is 23.2 Å². The number of carbonyl (C=O) groups is 1. The van der Waals surface area contributed by atoms with Gasteiger partial charge in [0.05, 0.1) is 16.6 Å². The number of primary amides is 1. The number of nitrogens with two attached hydrogens (primary N) is 2. The van der Waals surface area contributed by atoms with Gasteiger partial charge in [-0.2, -0.15) is 0 Å². The quantitative estimate of drug-likeness (QED) is 0.889. The first-order chi connectivity index (χ1) is 8.31. The largest absolute Gasteiger partial charge is 0.370 e. The number of benzene rings is 1. The van der Waals surface area contributed by atoms with Crippen LogP contribution >= 0.6 is 11.6 Å². The Morgan fingerprint density at radius 3 is 2.78 bits per heavy atom. The van der Waals surface area contributed by atoms with E-state index >= 15 is 0 Å². The van der Waals surface area contributed by atoms with Gasteiger partial charge in [0.2, 0.25) is 11.9 Å². The molecular weight excluding hydrogens is 252 g/mol. The fourth-order valence-electron chi connectivity index (χ4n) is 2.21. The van der Waals surface area contributed by atoms with Crippen molar-refractivity contribution in [2.24, 2.45) is 5.73 Å². The summed E-state index contributed by atoms with van der Waals surface area (Å²) in [6.45, 7) is 3.79. The van der Waals surface area contributed by atoms with Crippen LogP contribution in [0.1, 0.15) is 20.3 Å². The molecule has 0 aliphatic carbocycles. The van der Waals surface area contributed by atoms with Crippen molar-refractivity contribution >= 4 is 34.5 Å². The molecule has 1 amide bonds. The molecule has 0 unspecified atom stereocenters. The number of imidazole rings is 1. The molecule has 2 rings (SSSR count). The van der Waals surface area contributed by atoms with E-state index in [0.717, 1.165) is 5.52 Å². The van der Waals surface area contributed by atoms with Crippen LogP contribution in [0.25, 0.3) is 11.0 Å². The second-order valence-electron chi connectivity index (χ2n) is 4.89. The van der Waals surface area contributed by atoms with Gasteiger partial charge in [-0.3, -0.25) is 4.79 Å². The first-order valence-corrected chi connectivity index (χ1v) is 5.91. The number of halogens is 1. The average Bonchev–Trinajstić information content (AvgIpc) is 2.51. The van der Waals surface area contributed by atoms with Crippen LogP contribution in [-0.2, 0) is 10.3 Å². The molecule has 2 aromatic rings. The molecular formula is C12H15ClN4O. The molecule has 0 fully saturated rings. The molecule has 1 aromatic carbocycles. The van der Waals surface area contributed by atoms with E-state index in [1.807, 2.05) is 24.5 Å². The van der Waals surface area contributed by atoms with Gasteiger partial charge in [0, 0.05) is 11.4 Å². The molecule has 0 saturated heterocycles. The summed E-state index contributed by atoms with van der Waals surface area (Å²) in [4.78, 5) is 15.4. The average molecular weight is 267 g/mol. The molecule has 96 valence electrons. The summed E-state index contributed by atoms with van der Waals surface area (Å²) in [5.74, 6) is -0.0336. The number of rotatable bonds is 3. The third-order valence-corrected chi connectivity index (χ3v) is 3.09. The highest BCUT2D eigenvalue weighted by atomic mass is 35.5. The Morgan fingerprint density at radius 2 is 2.17 bits per heavy atom. The van der Waals surface area contributed by atoms with Crippen molar-refractivity contribution in [3.8, 4) is 0 Å². The molecule has 6 heteroatoms. The normalized spacial score (nSPS) is 11.9. The molecule has 0 atom stereocenters. The van der Waals surface area contributed by atoms with Crippen LogP contribution in [0.15, 0.2) is 18.2 Å². The number of carbonyl (C=O) groups excluding carboxylic acids is 1. The van der Waals surface area contributed by atoms with Gasteiger partial charge in [-0.25, -0.2) is 4.98 Å². The van der Waals surface area contributed by atoms with Crippen LogP contribution in [0.5, 0.6) is 0 Å². The van der Waals surface area contributed by atoms with Crippen molar-refractivity contribution in [3.63, 3.8) is 0 Å². The smallest absolute Gasteiger partial charge is 0.219 e. The first-order valence-electron chi connectivity index (χ1n) is 5.53. The van der Waals surface area contributed by atoms with Crippen LogP contribution in [0, 0.1) is 0 Å². The lowest BCUT2D eigenvalue weighted by Crippen LogP contribution is -2.33. The maximum Gasteiger partial charge on any atom is 0.219 e. The summed E-state index contributed by atoms with van der Waals surface area (Å²) in [6.07, 6.45) is 0.186. The summed E-state index contributed by atoms with van der Waals surface area (Å²) in [5.41, 5.74) is 12.2. The van der Waals surface area contributed by atoms with E-state index in [1.165, 1.54) is 0 Å². The van der Waals surface area contributed by atoms with E-state index in [1.54, 1.807) is 12.1 Å². The van der Waals surface area contributed by atoms with Gasteiger partial charge in [0.25, 0.3) is 0 Å². The van der Waals surface area contributed by atoms with Crippen LogP contribution in [0.4, 0.5) is 5.95 Å². The molecule has 18 heavy (non-hydrogen) atoms. The van der Waals surface area contributed by atoms with Gasteiger partial charge in [-0.15, -0.1) is 0 Å². The van der Waals surface area contributed by atoms with Gasteiger partial charge in [-0.1, -0.05) is 11.6 Å². The maximum absolute atomic E-state index is 11.1. The van der Waals surface area contributed by atoms with Gasteiger partial charge in [0.15, 0.2) is 0 Å². The van der Waals surface area contributed by atoms with Crippen molar-refractivity contribution in [1.29, 1.82) is 0 Å². The zero-order chi connectivity index (χ0) is 13.5. The molecule has 0 saturated carbocycles. The predicted octanol–water partition coefficient (Wildman–Crippen LogP) is 1.88. The standard InChI is InChI=1S/C12H15ClN4O/c1-12(2,6-10(14)18)17-9-4-3-7(13)5-8(9)16-11(17)15/h3-5H,6H2,1-2H3,(H2,14,18)(H2,15,16). The van der Waals surface area contributed by atoms with Crippen molar-refractivity contribution in [2.75, 3.05) is 5.73 Å². The number of hydrogen-bond donors (Lipinski definition) is 2. The highest BCUT2D eigenvalue weighted by molar-refractivity contribution is 6.31. The number of fused-ring (bicyclic) bond motifs is 1. The molecule has 0 radical (unpaired) electrons. The molecule has 0 spiro atoms. The predicted molar refractivity (Wildman–Crippen MR) is 72.3 cm³/mol. The Kier molecular flexibility index (Phi) is 2.94. The second-order valence-corrected chi connectivity index (χ2v) is 5.33. The number of hydrogen-bond acceptors (Lipinski definition) is 3. The number of nitrogens with zero attached hydrogens (tertiary/aromatic N) is 2. The Balaban J connectivity index is 2.63. The monoisotopic (exact) mass is 266 g/mol. The third-order valence-electron chi connectivity index (χ3n) is 2.85. The third kappa shape index (κ3) is 2.13. The highest BCUT2D eigenvalue weighted by Crippen LogP contribution is 2.30. The van der Waals surface area contributed by atoms with E-state index < -0.39 is 5.54 Å². The first kappa shape index (κ1) is 12.7. The van der Waals surface area contributed by atoms with Gasteiger partial charge >= 0.3 is 0 Å². The topological polar surface area (TPSA) is 86.9 Å². The number of nitrogen functional groups attached to an aromatic ring is 1. The van der Waals surface area contributed by atoms with E-state index in [2.05, 4.69) is 4.98 Å². The Labute approximate surface area is 110 Å². The fraction of sp³-hybridized carbons (Fsp3) is 0.333. The fourth-order valence-corrected chi connectivity index (χ4v) is 2.38. The maximum atomic E-state index is 11.1. The highest BCUT2D eigenvalue weighted by Gasteiger charge is 2.27. The number of anilines is 1. The lowest BCUT2D eigenvalue weighted by atomic mass is 9.99. The minimum atomic E-state index is -0.529. The molecule has 1 heterocycles. The van der Waals surface area contributed by atoms with Crippen LogP contribution < -0.4 is 11.5 Å². The number of amides is 1. The minimum Gasteiger partial charge on any atom is -0.370 e. The molecule has 0 bridgehead atoms. The lowest BCUT2D eigenvalue weighted by Gasteiger charge is -2.27. The van der Waals surface area contributed by atoms with Crippen molar-refractivity contribution < 1.29 is 4.79 Å². The summed E-state index contributed by atoms with van der Waals surface area (Å²) < 4.78 is 1.81. The van der Waals surface area contributed by atoms with Crippen LogP contribution in [0.2, 0.25) is 5.02 Å². The SMILES string of the molecule is CC(C)(CC(N)=O)n1c(N)nc2cc(Cl)ccc21. The zero-order valence-electron chi connectivity index (χ0n) is 10.3. The molecule has 5 nitrogen and oxygen atoms in total. The van der Waals surface area contributed by atoms with E-state index in [4.69, 9.17) is 23.1 Å². The molecule has 0 aliphatic rings. The minimum absolute atomic E-state index is 0.186. The second kappa shape index (κ2) is 4.17. The Bertz CT molecular complexity index is 618. The summed E-state index contributed by atoms with van der Waals surface area (Å²) in [5, 5.41) is 0.597.